The molecular formula is C22H29N5O4S2. The van der Waals surface area contributed by atoms with Crippen molar-refractivity contribution >= 4 is 39.2 Å². The van der Waals surface area contributed by atoms with Crippen molar-refractivity contribution in [2.45, 2.75) is 55.5 Å². The van der Waals surface area contributed by atoms with Crippen molar-refractivity contribution in [3.63, 3.8) is 0 Å². The highest BCUT2D eigenvalue weighted by atomic mass is 32.2. The van der Waals surface area contributed by atoms with E-state index in [4.69, 9.17) is 0 Å². The molecule has 33 heavy (non-hydrogen) atoms. The van der Waals surface area contributed by atoms with Gasteiger partial charge in [0.05, 0.1) is 4.90 Å². The van der Waals surface area contributed by atoms with E-state index in [0.29, 0.717) is 34.4 Å². The molecule has 2 aromatic rings. The molecule has 1 aliphatic heterocycles. The van der Waals surface area contributed by atoms with E-state index in [1.54, 1.807) is 19.1 Å². The Labute approximate surface area is 198 Å². The van der Waals surface area contributed by atoms with Crippen LogP contribution >= 0.6 is 11.8 Å². The van der Waals surface area contributed by atoms with Crippen LogP contribution in [0.2, 0.25) is 0 Å². The monoisotopic (exact) mass is 491 g/mol. The van der Waals surface area contributed by atoms with E-state index >= 15 is 0 Å². The Morgan fingerprint density at radius 2 is 2.09 bits per heavy atom. The lowest BCUT2D eigenvalue weighted by Gasteiger charge is -2.17. The highest BCUT2D eigenvalue weighted by Gasteiger charge is 2.19. The zero-order chi connectivity index (χ0) is 24.0. The number of thioether (sulfide) groups is 1. The number of nitrogens with one attached hydrogen (secondary N) is 2. The molecule has 1 aromatic heterocycles. The third-order valence-corrected chi connectivity index (χ3v) is 7.35. The molecule has 0 spiro atoms. The number of likely N-dealkylation sites (tertiary alicyclic amines) is 1. The van der Waals surface area contributed by atoms with Gasteiger partial charge in [-0.25, -0.2) is 4.98 Å². The van der Waals surface area contributed by atoms with Crippen molar-refractivity contribution < 1.29 is 13.2 Å². The molecule has 0 aliphatic carbocycles. The Hall–Kier alpha value is -2.66. The number of nitrogens with zero attached hydrogens (tertiary/aromatic N) is 3. The third kappa shape index (κ3) is 6.67. The van der Waals surface area contributed by atoms with Crippen LogP contribution in [-0.2, 0) is 21.2 Å². The van der Waals surface area contributed by atoms with Crippen LogP contribution in [0, 0.1) is 6.92 Å². The number of hydrogen-bond acceptors (Lipinski definition) is 6. The van der Waals surface area contributed by atoms with Crippen LogP contribution in [0.5, 0.6) is 0 Å². The fraction of sp³-hybridized carbons (Fsp3) is 0.455. The second-order valence-corrected chi connectivity index (χ2v) is 10.3. The summed E-state index contributed by atoms with van der Waals surface area (Å²) in [5, 5.41) is 3.24. The first kappa shape index (κ1) is 25.0. The summed E-state index contributed by atoms with van der Waals surface area (Å²) in [7, 11) is -2.05. The van der Waals surface area contributed by atoms with Crippen molar-refractivity contribution in [3.05, 3.63) is 45.9 Å². The molecule has 1 amide bonds. The molecule has 1 fully saturated rings. The molecule has 11 heteroatoms. The summed E-state index contributed by atoms with van der Waals surface area (Å²) < 4.78 is 29.8. The Morgan fingerprint density at radius 1 is 1.30 bits per heavy atom. The smallest absolute Gasteiger partial charge is 0.284 e. The number of rotatable bonds is 7. The van der Waals surface area contributed by atoms with E-state index < -0.39 is 10.0 Å². The molecule has 1 aliphatic rings. The van der Waals surface area contributed by atoms with Gasteiger partial charge in [-0.05, 0) is 50.6 Å². The Balaban J connectivity index is 1.70. The SMILES string of the molecule is CSc1nc(C)c(CCC(=O)Nc2cccc(S(=O)(=O)/N=C3/CCCCCN3C)c2)c(=O)[nH]1. The predicted octanol–water partition coefficient (Wildman–Crippen LogP) is 2.96. The van der Waals surface area contributed by atoms with Crippen LogP contribution in [-0.4, -0.2) is 54.9 Å². The van der Waals surface area contributed by atoms with Gasteiger partial charge in [-0.2, -0.15) is 8.42 Å². The number of H-pyrrole nitrogens is 1. The van der Waals surface area contributed by atoms with Crippen molar-refractivity contribution in [2.24, 2.45) is 4.40 Å². The van der Waals surface area contributed by atoms with Gasteiger partial charge < -0.3 is 15.2 Å². The van der Waals surface area contributed by atoms with Crippen LogP contribution in [0.3, 0.4) is 0 Å². The molecule has 2 heterocycles. The van der Waals surface area contributed by atoms with Gasteiger partial charge >= 0.3 is 0 Å². The average molecular weight is 492 g/mol. The van der Waals surface area contributed by atoms with E-state index in [0.717, 1.165) is 25.8 Å². The highest BCUT2D eigenvalue weighted by Crippen LogP contribution is 2.20. The van der Waals surface area contributed by atoms with Gasteiger partial charge in [0.2, 0.25) is 5.91 Å². The van der Waals surface area contributed by atoms with Crippen LogP contribution in [0.4, 0.5) is 5.69 Å². The molecule has 178 valence electrons. The second kappa shape index (κ2) is 11.0. The molecule has 0 bridgehead atoms. The topological polar surface area (TPSA) is 125 Å². The molecular weight excluding hydrogens is 462 g/mol. The first-order valence-electron chi connectivity index (χ1n) is 10.8. The molecule has 2 N–H and O–H groups in total. The van der Waals surface area contributed by atoms with Crippen molar-refractivity contribution in [3.8, 4) is 0 Å². The molecule has 9 nitrogen and oxygen atoms in total. The van der Waals surface area contributed by atoms with E-state index in [1.807, 2.05) is 18.2 Å². The summed E-state index contributed by atoms with van der Waals surface area (Å²) in [4.78, 5) is 33.6. The molecule has 1 aromatic carbocycles. The Kier molecular flexibility index (Phi) is 8.30. The van der Waals surface area contributed by atoms with Gasteiger partial charge in [0.15, 0.2) is 5.16 Å². The number of carbonyl (C=O) groups is 1. The number of benzene rings is 1. The maximum Gasteiger partial charge on any atom is 0.284 e. The summed E-state index contributed by atoms with van der Waals surface area (Å²) in [5.74, 6) is 0.232. The number of carbonyl (C=O) groups excluding carboxylic acids is 1. The molecule has 1 saturated heterocycles. The Bertz CT molecular complexity index is 1210. The van der Waals surface area contributed by atoms with E-state index in [1.165, 1.54) is 23.9 Å². The quantitative estimate of drug-likeness (QED) is 0.451. The maximum atomic E-state index is 12.9. The molecule has 0 radical (unpaired) electrons. The average Bonchev–Trinajstić information content (AvgIpc) is 2.97. The molecule has 0 atom stereocenters. The van der Waals surface area contributed by atoms with Crippen LogP contribution in [0.15, 0.2) is 43.5 Å². The summed E-state index contributed by atoms with van der Waals surface area (Å²) >= 11 is 1.34. The molecule has 3 rings (SSSR count). The number of aryl methyl sites for hydroxylation is 1. The van der Waals surface area contributed by atoms with Gasteiger partial charge in [-0.1, -0.05) is 24.2 Å². The lowest BCUT2D eigenvalue weighted by molar-refractivity contribution is -0.116. The number of aromatic amines is 1. The van der Waals surface area contributed by atoms with Gasteiger partial charge in [0.1, 0.15) is 5.84 Å². The first-order chi connectivity index (χ1) is 15.7. The van der Waals surface area contributed by atoms with Gasteiger partial charge in [-0.3, -0.25) is 9.59 Å². The van der Waals surface area contributed by atoms with E-state index in [9.17, 15) is 18.0 Å². The summed E-state index contributed by atoms with van der Waals surface area (Å²) in [6.07, 6.45) is 5.71. The minimum absolute atomic E-state index is 0.0228. The number of amidine groups is 1. The summed E-state index contributed by atoms with van der Waals surface area (Å²) in [5.41, 5.74) is 1.15. The van der Waals surface area contributed by atoms with E-state index in [-0.39, 0.29) is 29.2 Å². The van der Waals surface area contributed by atoms with Crippen LogP contribution < -0.4 is 10.9 Å². The predicted molar refractivity (Wildman–Crippen MR) is 130 cm³/mol. The number of hydrogen-bond donors (Lipinski definition) is 2. The minimum atomic E-state index is -3.90. The van der Waals surface area contributed by atoms with Crippen molar-refractivity contribution in [1.82, 2.24) is 14.9 Å². The lowest BCUT2D eigenvalue weighted by atomic mass is 10.1. The fourth-order valence-corrected chi connectivity index (χ4v) is 5.17. The highest BCUT2D eigenvalue weighted by molar-refractivity contribution is 7.98. The fourth-order valence-electron chi connectivity index (χ4n) is 3.61. The largest absolute Gasteiger partial charge is 0.362 e. The zero-order valence-corrected chi connectivity index (χ0v) is 20.7. The number of anilines is 1. The van der Waals surface area contributed by atoms with Gasteiger partial charge in [-0.15, -0.1) is 4.40 Å². The number of aromatic nitrogens is 2. The van der Waals surface area contributed by atoms with Crippen molar-refractivity contribution in [1.29, 1.82) is 0 Å². The van der Waals surface area contributed by atoms with Gasteiger partial charge in [0, 0.05) is 43.4 Å². The molecule has 0 unspecified atom stereocenters. The maximum absolute atomic E-state index is 12.9. The van der Waals surface area contributed by atoms with Gasteiger partial charge in [0.25, 0.3) is 15.6 Å². The standard InChI is InChI=1S/C22H29N5O4S2/c1-15-18(21(29)25-22(23-15)32-3)11-12-20(28)24-16-8-7-9-17(14-16)33(30,31)26-19-10-5-4-6-13-27(19)2/h7-9,14H,4-6,10-13H2,1-3H3,(H,24,28)(H,23,25,29)/b26-19-. The zero-order valence-electron chi connectivity index (χ0n) is 19.1. The minimum Gasteiger partial charge on any atom is -0.362 e. The first-order valence-corrected chi connectivity index (χ1v) is 13.4. The van der Waals surface area contributed by atoms with Crippen LogP contribution in [0.1, 0.15) is 43.4 Å². The normalized spacial score (nSPS) is 16.0. The van der Waals surface area contributed by atoms with Crippen LogP contribution in [0.25, 0.3) is 0 Å². The lowest BCUT2D eigenvalue weighted by Crippen LogP contribution is -2.26. The third-order valence-electron chi connectivity index (χ3n) is 5.47. The number of sulfonamides is 1. The summed E-state index contributed by atoms with van der Waals surface area (Å²) in [6.45, 7) is 2.52. The summed E-state index contributed by atoms with van der Waals surface area (Å²) in [6, 6.07) is 6.06. The van der Waals surface area contributed by atoms with E-state index in [2.05, 4.69) is 19.7 Å². The molecule has 0 saturated carbocycles. The number of amides is 1. The van der Waals surface area contributed by atoms with Crippen molar-refractivity contribution in [2.75, 3.05) is 25.2 Å². The second-order valence-electron chi connectivity index (χ2n) is 7.93. The Morgan fingerprint density at radius 3 is 2.82 bits per heavy atom.